The summed E-state index contributed by atoms with van der Waals surface area (Å²) in [4.78, 5) is 17.6. The van der Waals surface area contributed by atoms with Gasteiger partial charge in [-0.15, -0.1) is 0 Å². The van der Waals surface area contributed by atoms with Crippen LogP contribution >= 0.6 is 34.4 Å². The Morgan fingerprint density at radius 2 is 1.75 bits per heavy atom. The van der Waals surface area contributed by atoms with E-state index in [0.29, 0.717) is 23.3 Å². The number of hydrogen-bond acceptors (Lipinski definition) is 5. The van der Waals surface area contributed by atoms with E-state index >= 15 is 0 Å². The molecule has 1 N–H and O–H groups in total. The zero-order chi connectivity index (χ0) is 24.9. The summed E-state index contributed by atoms with van der Waals surface area (Å²) in [6.07, 6.45) is 1.87. The Labute approximate surface area is 227 Å². The molecule has 0 unspecified atom stereocenters. The fraction of sp³-hybridized carbons (Fsp3) is 0.103. The van der Waals surface area contributed by atoms with Gasteiger partial charge in [0.05, 0.1) is 20.8 Å². The molecule has 0 bridgehead atoms. The molecule has 5 rings (SSSR count). The number of nitrogens with one attached hydrogen (secondary N) is 1. The first-order chi connectivity index (χ1) is 17.6. The van der Waals surface area contributed by atoms with Gasteiger partial charge in [0.15, 0.2) is 5.17 Å². The Balaban J connectivity index is 1.25. The fourth-order valence-electron chi connectivity index (χ4n) is 3.75. The van der Waals surface area contributed by atoms with Crippen molar-refractivity contribution >= 4 is 68.0 Å². The van der Waals surface area contributed by atoms with Crippen LogP contribution in [0.4, 0.5) is 5.69 Å². The summed E-state index contributed by atoms with van der Waals surface area (Å²) in [5, 5.41) is 5.81. The molecule has 0 aliphatic carbocycles. The maximum Gasteiger partial charge on any atom is 0.264 e. The smallest absolute Gasteiger partial charge is 0.264 e. The minimum atomic E-state index is -0.156. The predicted molar refractivity (Wildman–Crippen MR) is 156 cm³/mol. The first kappa shape index (κ1) is 24.4. The number of rotatable bonds is 7. The number of amides is 1. The van der Waals surface area contributed by atoms with Crippen LogP contribution in [0.3, 0.4) is 0 Å². The molecule has 1 aliphatic rings. The Morgan fingerprint density at radius 3 is 2.53 bits per heavy atom. The maximum atomic E-state index is 12.5. The van der Waals surface area contributed by atoms with Crippen molar-refractivity contribution in [2.24, 2.45) is 4.99 Å². The average molecular weight is 606 g/mol. The molecule has 0 radical (unpaired) electrons. The lowest BCUT2D eigenvalue weighted by atomic mass is 10.1. The van der Waals surface area contributed by atoms with Gasteiger partial charge in [0.25, 0.3) is 5.91 Å². The topological polar surface area (TPSA) is 59.9 Å². The van der Waals surface area contributed by atoms with E-state index in [4.69, 9.17) is 9.47 Å². The van der Waals surface area contributed by atoms with Crippen LogP contribution in [0.5, 0.6) is 11.5 Å². The van der Waals surface area contributed by atoms with Gasteiger partial charge in [-0.2, -0.15) is 0 Å². The highest BCUT2D eigenvalue weighted by Crippen LogP contribution is 2.30. The van der Waals surface area contributed by atoms with Gasteiger partial charge in [-0.1, -0.05) is 42.5 Å². The Morgan fingerprint density at radius 1 is 0.944 bits per heavy atom. The first-order valence-electron chi connectivity index (χ1n) is 11.5. The summed E-state index contributed by atoms with van der Waals surface area (Å²) in [5.41, 5.74) is 2.80. The molecule has 1 saturated heterocycles. The second-order valence-corrected chi connectivity index (χ2v) is 10.3. The molecule has 7 heteroatoms. The molecule has 1 heterocycles. The van der Waals surface area contributed by atoms with Crippen LogP contribution in [0.25, 0.3) is 16.8 Å². The van der Waals surface area contributed by atoms with Crippen LogP contribution in [0, 0.1) is 3.57 Å². The lowest BCUT2D eigenvalue weighted by molar-refractivity contribution is -0.115. The zero-order valence-electron chi connectivity index (χ0n) is 19.5. The highest BCUT2D eigenvalue weighted by atomic mass is 127. The van der Waals surface area contributed by atoms with Crippen molar-refractivity contribution in [2.45, 2.75) is 13.5 Å². The minimum Gasteiger partial charge on any atom is -0.494 e. The quantitative estimate of drug-likeness (QED) is 0.177. The molecule has 0 saturated carbocycles. The second-order valence-electron chi connectivity index (χ2n) is 8.07. The van der Waals surface area contributed by atoms with E-state index in [1.165, 1.54) is 22.5 Å². The summed E-state index contributed by atoms with van der Waals surface area (Å²) in [7, 11) is 0. The first-order valence-corrected chi connectivity index (χ1v) is 13.4. The zero-order valence-corrected chi connectivity index (χ0v) is 22.5. The lowest BCUT2D eigenvalue weighted by Crippen LogP contribution is -2.19. The third-order valence-corrected chi connectivity index (χ3v) is 7.24. The Kier molecular flexibility index (Phi) is 7.58. The minimum absolute atomic E-state index is 0.156. The van der Waals surface area contributed by atoms with Gasteiger partial charge in [0.1, 0.15) is 18.1 Å². The van der Waals surface area contributed by atoms with Crippen LogP contribution in [0.1, 0.15) is 18.1 Å². The van der Waals surface area contributed by atoms with E-state index in [0.717, 1.165) is 31.9 Å². The number of aliphatic imine (C=N–C) groups is 1. The monoisotopic (exact) mass is 606 g/mol. The van der Waals surface area contributed by atoms with E-state index in [-0.39, 0.29) is 5.91 Å². The summed E-state index contributed by atoms with van der Waals surface area (Å²) < 4.78 is 12.5. The number of halogens is 1. The Bertz CT molecular complexity index is 1480. The van der Waals surface area contributed by atoms with Crippen molar-refractivity contribution < 1.29 is 14.3 Å². The molecule has 0 atom stereocenters. The third kappa shape index (κ3) is 5.91. The molecule has 180 valence electrons. The number of hydrogen-bond donors (Lipinski definition) is 1. The van der Waals surface area contributed by atoms with Crippen molar-refractivity contribution in [3.05, 3.63) is 105 Å². The van der Waals surface area contributed by atoms with E-state index in [1.54, 1.807) is 0 Å². The number of amidine groups is 1. The number of carbonyl (C=O) groups is 1. The van der Waals surface area contributed by atoms with E-state index in [1.807, 2.05) is 67.6 Å². The summed E-state index contributed by atoms with van der Waals surface area (Å²) >= 11 is 3.59. The Hall–Kier alpha value is -3.30. The van der Waals surface area contributed by atoms with Crippen molar-refractivity contribution in [3.8, 4) is 11.5 Å². The van der Waals surface area contributed by atoms with Crippen molar-refractivity contribution in [3.63, 3.8) is 0 Å². The van der Waals surface area contributed by atoms with Gasteiger partial charge in [-0.3, -0.25) is 4.79 Å². The number of carbonyl (C=O) groups excluding carboxylic acids is 1. The van der Waals surface area contributed by atoms with E-state index < -0.39 is 0 Å². The molecule has 0 spiro atoms. The molecule has 1 amide bonds. The van der Waals surface area contributed by atoms with Crippen molar-refractivity contribution in [2.75, 3.05) is 6.61 Å². The molecule has 4 aromatic rings. The molecule has 0 aromatic heterocycles. The number of fused-ring (bicyclic) bond motifs is 1. The van der Waals surface area contributed by atoms with Crippen LogP contribution in [0.2, 0.25) is 0 Å². The van der Waals surface area contributed by atoms with Crippen molar-refractivity contribution in [1.29, 1.82) is 0 Å². The molecule has 1 aliphatic heterocycles. The van der Waals surface area contributed by atoms with Crippen molar-refractivity contribution in [1.82, 2.24) is 5.32 Å². The standard InChI is InChI=1S/C29H23IN2O3S/c1-2-34-24-12-10-23(11-13-24)31-29-32-28(33)27(36-29)17-19-8-14-26(25(30)16-19)35-18-20-7-9-21-5-3-4-6-22(21)15-20/h3-17H,2,18H2,1H3,(H,31,32,33)/b27-17+. The normalized spacial score (nSPS) is 15.4. The van der Waals surface area contributed by atoms with Gasteiger partial charge >= 0.3 is 0 Å². The summed E-state index contributed by atoms with van der Waals surface area (Å²) in [6, 6.07) is 28.1. The number of ether oxygens (including phenoxy) is 2. The largest absolute Gasteiger partial charge is 0.494 e. The van der Waals surface area contributed by atoms with Crippen LogP contribution in [-0.4, -0.2) is 17.7 Å². The number of thioether (sulfide) groups is 1. The third-order valence-electron chi connectivity index (χ3n) is 5.49. The van der Waals surface area contributed by atoms with Gasteiger partial charge < -0.3 is 14.8 Å². The van der Waals surface area contributed by atoms with E-state index in [2.05, 4.69) is 63.2 Å². The molecule has 1 fully saturated rings. The molecule has 36 heavy (non-hydrogen) atoms. The van der Waals surface area contributed by atoms with Gasteiger partial charge in [-0.05, 0) is 112 Å². The number of benzene rings is 4. The maximum absolute atomic E-state index is 12.5. The van der Waals surface area contributed by atoms with Crippen LogP contribution < -0.4 is 14.8 Å². The van der Waals surface area contributed by atoms with Gasteiger partial charge in [-0.25, -0.2) is 4.99 Å². The van der Waals surface area contributed by atoms with Gasteiger partial charge in [0, 0.05) is 0 Å². The SMILES string of the molecule is CCOc1ccc(N=C2NC(=O)/C(=C\c3ccc(OCc4ccc5ccccc5c4)c(I)c3)S2)cc1. The highest BCUT2D eigenvalue weighted by Gasteiger charge is 2.24. The molecular weight excluding hydrogens is 583 g/mol. The number of nitrogens with zero attached hydrogens (tertiary/aromatic N) is 1. The highest BCUT2D eigenvalue weighted by molar-refractivity contribution is 14.1. The molecule has 4 aromatic carbocycles. The fourth-order valence-corrected chi connectivity index (χ4v) is 5.28. The summed E-state index contributed by atoms with van der Waals surface area (Å²) in [6.45, 7) is 3.05. The lowest BCUT2D eigenvalue weighted by Gasteiger charge is -2.10. The van der Waals surface area contributed by atoms with Crippen LogP contribution in [0.15, 0.2) is 94.8 Å². The summed E-state index contributed by atoms with van der Waals surface area (Å²) in [5.74, 6) is 1.45. The van der Waals surface area contributed by atoms with E-state index in [9.17, 15) is 4.79 Å². The molecule has 5 nitrogen and oxygen atoms in total. The predicted octanol–water partition coefficient (Wildman–Crippen LogP) is 7.31. The van der Waals surface area contributed by atoms with Gasteiger partial charge in [0.2, 0.25) is 0 Å². The second kappa shape index (κ2) is 11.2. The van der Waals surface area contributed by atoms with Crippen LogP contribution in [-0.2, 0) is 11.4 Å². The average Bonchev–Trinajstić information content (AvgIpc) is 3.23. The molecular formula is C29H23IN2O3S.